The molecule has 0 saturated heterocycles. The first-order valence-corrected chi connectivity index (χ1v) is 9.91. The molecular weight excluding hydrogens is 418 g/mol. The number of H-pyrrole nitrogens is 1. The smallest absolute Gasteiger partial charge is 0.284 e. The molecule has 0 saturated carbocycles. The summed E-state index contributed by atoms with van der Waals surface area (Å²) in [4.78, 5) is 9.71. The Balaban J connectivity index is 1.68. The van der Waals surface area contributed by atoms with E-state index in [-0.39, 0.29) is 4.84 Å². The highest BCUT2D eigenvalue weighted by atomic mass is 35.5. The Kier molecular flexibility index (Phi) is 4.74. The highest BCUT2D eigenvalue weighted by Crippen LogP contribution is 2.33. The van der Waals surface area contributed by atoms with Gasteiger partial charge in [0.1, 0.15) is 5.82 Å². The molecule has 0 aliphatic rings. The van der Waals surface area contributed by atoms with Crippen LogP contribution in [0.25, 0.3) is 33.7 Å². The van der Waals surface area contributed by atoms with Crippen molar-refractivity contribution >= 4 is 46.2 Å². The minimum Gasteiger partial charge on any atom is -0.409 e. The summed E-state index contributed by atoms with van der Waals surface area (Å²) in [6.07, 6.45) is 0. The Morgan fingerprint density at radius 2 is 1.73 bits per heavy atom. The number of aromatic amines is 1. The van der Waals surface area contributed by atoms with Gasteiger partial charge in [-0.25, -0.2) is 15.1 Å². The summed E-state index contributed by atoms with van der Waals surface area (Å²) in [5.41, 5.74) is 3.22. The molecule has 0 atom stereocenters. The fraction of sp³-hybridized carbons (Fsp3) is 0. The van der Waals surface area contributed by atoms with Crippen molar-refractivity contribution in [2.75, 3.05) is 5.32 Å². The number of fused-ring (bicyclic) bond motifs is 1. The molecule has 6 nitrogen and oxygen atoms in total. The van der Waals surface area contributed by atoms with Crippen LogP contribution in [0.2, 0.25) is 5.02 Å². The zero-order chi connectivity index (χ0) is 20.5. The molecule has 0 aliphatic heterocycles. The van der Waals surface area contributed by atoms with Crippen LogP contribution in [-0.2, 0) is 0 Å². The summed E-state index contributed by atoms with van der Waals surface area (Å²) in [7, 11) is 0. The molecule has 2 aromatic heterocycles. The molecule has 0 spiro atoms. The fourth-order valence-corrected chi connectivity index (χ4v) is 3.46. The van der Waals surface area contributed by atoms with Gasteiger partial charge in [-0.15, -0.1) is 5.10 Å². The third-order valence-electron chi connectivity index (χ3n) is 4.54. The first kappa shape index (κ1) is 18.5. The number of halogens is 1. The lowest BCUT2D eigenvalue weighted by molar-refractivity contribution is 0.552. The fourth-order valence-electron chi connectivity index (χ4n) is 3.16. The van der Waals surface area contributed by atoms with Gasteiger partial charge in [0.05, 0.1) is 16.8 Å². The van der Waals surface area contributed by atoms with Gasteiger partial charge in [0.2, 0.25) is 5.89 Å². The minimum absolute atomic E-state index is 0.213. The van der Waals surface area contributed by atoms with Crippen LogP contribution in [0.3, 0.4) is 0 Å². The first-order chi connectivity index (χ1) is 14.7. The largest absolute Gasteiger partial charge is 0.409 e. The SMILES string of the molecule is S=c1[nH]nc(-c2ccccc2Nc2nc(-c3ccccc3)nc3ccc(Cl)cc23)o1. The number of para-hydroxylation sites is 1. The quantitative estimate of drug-likeness (QED) is 0.320. The predicted molar refractivity (Wildman–Crippen MR) is 120 cm³/mol. The van der Waals surface area contributed by atoms with E-state index < -0.39 is 0 Å². The van der Waals surface area contributed by atoms with Gasteiger partial charge in [-0.3, -0.25) is 0 Å². The number of nitrogens with zero attached hydrogens (tertiary/aromatic N) is 3. The summed E-state index contributed by atoms with van der Waals surface area (Å²) in [6.45, 7) is 0. The van der Waals surface area contributed by atoms with Crippen LogP contribution >= 0.6 is 23.8 Å². The molecule has 2 heterocycles. The zero-order valence-electron chi connectivity index (χ0n) is 15.5. The summed E-state index contributed by atoms with van der Waals surface area (Å²) in [6, 6.07) is 23.0. The van der Waals surface area contributed by atoms with E-state index in [2.05, 4.69) is 15.5 Å². The number of benzene rings is 3. The molecule has 146 valence electrons. The van der Waals surface area contributed by atoms with E-state index >= 15 is 0 Å². The maximum Gasteiger partial charge on any atom is 0.284 e. The van der Waals surface area contributed by atoms with E-state index in [1.165, 1.54) is 0 Å². The summed E-state index contributed by atoms with van der Waals surface area (Å²) >= 11 is 11.3. The number of aromatic nitrogens is 4. The number of hydrogen-bond acceptors (Lipinski definition) is 6. The first-order valence-electron chi connectivity index (χ1n) is 9.12. The lowest BCUT2D eigenvalue weighted by atomic mass is 10.1. The molecule has 30 heavy (non-hydrogen) atoms. The van der Waals surface area contributed by atoms with E-state index in [9.17, 15) is 0 Å². The molecule has 0 unspecified atom stereocenters. The second-order valence-corrected chi connectivity index (χ2v) is 7.32. The van der Waals surface area contributed by atoms with Crippen molar-refractivity contribution in [2.45, 2.75) is 0 Å². The number of nitrogens with one attached hydrogen (secondary N) is 2. The van der Waals surface area contributed by atoms with E-state index in [0.29, 0.717) is 22.6 Å². The van der Waals surface area contributed by atoms with Crippen molar-refractivity contribution in [3.8, 4) is 22.8 Å². The maximum absolute atomic E-state index is 6.26. The van der Waals surface area contributed by atoms with Crippen molar-refractivity contribution in [1.82, 2.24) is 20.2 Å². The average molecular weight is 432 g/mol. The Morgan fingerprint density at radius 1 is 0.933 bits per heavy atom. The van der Waals surface area contributed by atoms with Crippen LogP contribution in [0.4, 0.5) is 11.5 Å². The Morgan fingerprint density at radius 3 is 2.53 bits per heavy atom. The second-order valence-electron chi connectivity index (χ2n) is 6.51. The molecule has 2 N–H and O–H groups in total. The van der Waals surface area contributed by atoms with Crippen LogP contribution in [0, 0.1) is 4.84 Å². The molecule has 5 aromatic rings. The molecule has 5 rings (SSSR count). The van der Waals surface area contributed by atoms with Crippen molar-refractivity contribution in [2.24, 2.45) is 0 Å². The lowest BCUT2D eigenvalue weighted by Crippen LogP contribution is -2.00. The highest BCUT2D eigenvalue weighted by Gasteiger charge is 2.14. The molecule has 8 heteroatoms. The van der Waals surface area contributed by atoms with Crippen molar-refractivity contribution in [3.05, 3.63) is 82.7 Å². The van der Waals surface area contributed by atoms with E-state index in [1.54, 1.807) is 0 Å². The molecular formula is C22H14ClN5OS. The number of hydrogen-bond donors (Lipinski definition) is 2. The lowest BCUT2D eigenvalue weighted by Gasteiger charge is -2.13. The van der Waals surface area contributed by atoms with Gasteiger partial charge >= 0.3 is 0 Å². The average Bonchev–Trinajstić information content (AvgIpc) is 3.21. The molecule has 0 fully saturated rings. The summed E-state index contributed by atoms with van der Waals surface area (Å²) < 4.78 is 5.50. The van der Waals surface area contributed by atoms with Gasteiger partial charge in [0.15, 0.2) is 5.82 Å². The standard InChI is InChI=1S/C22H14ClN5OS/c23-14-10-11-18-16(12-14)20(26-19(24-18)13-6-2-1-3-7-13)25-17-9-5-4-8-15(17)21-27-28-22(30)29-21/h1-12H,(H,28,30)(H,24,25,26). The Hall–Kier alpha value is -3.55. The molecule has 0 amide bonds. The topological polar surface area (TPSA) is 79.6 Å². The molecule has 0 radical (unpaired) electrons. The van der Waals surface area contributed by atoms with Crippen molar-refractivity contribution in [1.29, 1.82) is 0 Å². The van der Waals surface area contributed by atoms with Crippen LogP contribution < -0.4 is 5.32 Å². The van der Waals surface area contributed by atoms with Gasteiger partial charge in [0, 0.05) is 16.0 Å². The van der Waals surface area contributed by atoms with Gasteiger partial charge in [-0.2, -0.15) is 0 Å². The van der Waals surface area contributed by atoms with Crippen LogP contribution in [-0.4, -0.2) is 20.2 Å². The molecule has 3 aromatic carbocycles. The van der Waals surface area contributed by atoms with Crippen molar-refractivity contribution < 1.29 is 4.42 Å². The van der Waals surface area contributed by atoms with E-state index in [1.807, 2.05) is 72.8 Å². The minimum atomic E-state index is 0.213. The van der Waals surface area contributed by atoms with Gasteiger partial charge < -0.3 is 9.73 Å². The van der Waals surface area contributed by atoms with Crippen LogP contribution in [0.5, 0.6) is 0 Å². The van der Waals surface area contributed by atoms with E-state index in [0.717, 1.165) is 27.7 Å². The molecule has 0 aliphatic carbocycles. The summed E-state index contributed by atoms with van der Waals surface area (Å²) in [5.74, 6) is 1.63. The predicted octanol–water partition coefficient (Wildman–Crippen LogP) is 6.41. The second kappa shape index (κ2) is 7.70. The van der Waals surface area contributed by atoms with Gasteiger partial charge in [-0.05, 0) is 42.5 Å². The van der Waals surface area contributed by atoms with Crippen LogP contribution in [0.15, 0.2) is 77.2 Å². The van der Waals surface area contributed by atoms with Crippen LogP contribution in [0.1, 0.15) is 0 Å². The Labute approximate surface area is 181 Å². The Bertz CT molecular complexity index is 1410. The summed E-state index contributed by atoms with van der Waals surface area (Å²) in [5, 5.41) is 11.6. The van der Waals surface area contributed by atoms with E-state index in [4.69, 9.17) is 38.2 Å². The third kappa shape index (κ3) is 3.56. The van der Waals surface area contributed by atoms with Crippen molar-refractivity contribution in [3.63, 3.8) is 0 Å². The van der Waals surface area contributed by atoms with Gasteiger partial charge in [0.25, 0.3) is 4.84 Å². The normalized spacial score (nSPS) is 11.0. The molecule has 0 bridgehead atoms. The zero-order valence-corrected chi connectivity index (χ0v) is 17.0. The highest BCUT2D eigenvalue weighted by molar-refractivity contribution is 7.71. The number of anilines is 2. The van der Waals surface area contributed by atoms with Gasteiger partial charge in [-0.1, -0.05) is 54.1 Å². The monoisotopic (exact) mass is 431 g/mol. The third-order valence-corrected chi connectivity index (χ3v) is 4.95. The maximum atomic E-state index is 6.26. The number of rotatable bonds is 4.